The normalized spacial score (nSPS) is 11.0. The van der Waals surface area contributed by atoms with Crippen molar-refractivity contribution in [3.63, 3.8) is 0 Å². The topological polar surface area (TPSA) is 90.4 Å². The van der Waals surface area contributed by atoms with Gasteiger partial charge in [-0.25, -0.2) is 0 Å². The molecule has 0 unspecified atom stereocenters. The number of para-hydroxylation sites is 1. The molecule has 132 valence electrons. The Hall–Kier alpha value is -2.65. The quantitative estimate of drug-likeness (QED) is 0.478. The summed E-state index contributed by atoms with van der Waals surface area (Å²) in [5.41, 5.74) is 0.522. The summed E-state index contributed by atoms with van der Waals surface area (Å²) >= 11 is 4.83. The number of benzene rings is 1. The molecule has 0 aliphatic rings. The minimum atomic E-state index is -0.480. The Morgan fingerprint density at radius 3 is 2.92 bits per heavy atom. The number of hydrogen-bond acceptors (Lipinski definition) is 7. The van der Waals surface area contributed by atoms with E-state index in [1.165, 1.54) is 11.3 Å². The molecule has 0 fully saturated rings. The summed E-state index contributed by atoms with van der Waals surface area (Å²) < 4.78 is 17.6. The molecule has 1 N–H and O–H groups in total. The maximum absolute atomic E-state index is 12.4. The standard InChI is InChI=1S/C17H12BrN3O4S/c1-2-23-10-5-3-4-9-8-11(24-14(9)10)15(22)19-17-21-20-16(25-17)12-6-7-13(18)26-12/h3-8H,2H2,1H3,(H,19,21,22). The van der Waals surface area contributed by atoms with Crippen LogP contribution in [0.3, 0.4) is 0 Å². The molecule has 0 atom stereocenters. The zero-order valence-corrected chi connectivity index (χ0v) is 15.9. The van der Waals surface area contributed by atoms with Crippen molar-refractivity contribution in [3.8, 4) is 16.5 Å². The highest BCUT2D eigenvalue weighted by atomic mass is 79.9. The maximum atomic E-state index is 12.4. The Morgan fingerprint density at radius 2 is 2.15 bits per heavy atom. The summed E-state index contributed by atoms with van der Waals surface area (Å²) in [6.45, 7) is 2.39. The number of nitrogens with one attached hydrogen (secondary N) is 1. The first-order valence-corrected chi connectivity index (χ1v) is 9.31. The van der Waals surface area contributed by atoms with Crippen molar-refractivity contribution in [3.05, 3.63) is 45.9 Å². The van der Waals surface area contributed by atoms with Crippen molar-refractivity contribution >= 4 is 50.2 Å². The molecule has 26 heavy (non-hydrogen) atoms. The van der Waals surface area contributed by atoms with Crippen LogP contribution in [-0.4, -0.2) is 22.7 Å². The highest BCUT2D eigenvalue weighted by molar-refractivity contribution is 9.11. The number of rotatable bonds is 5. The van der Waals surface area contributed by atoms with Gasteiger partial charge >= 0.3 is 6.01 Å². The molecule has 1 amide bonds. The van der Waals surface area contributed by atoms with Crippen LogP contribution in [-0.2, 0) is 0 Å². The van der Waals surface area contributed by atoms with Crippen molar-refractivity contribution in [2.45, 2.75) is 6.92 Å². The minimum Gasteiger partial charge on any atom is -0.490 e. The Kier molecular flexibility index (Phi) is 4.48. The van der Waals surface area contributed by atoms with Gasteiger partial charge in [0.25, 0.3) is 11.8 Å². The average molecular weight is 434 g/mol. The Labute approximate surface area is 160 Å². The average Bonchev–Trinajstić information content (AvgIpc) is 3.34. The number of ether oxygens (including phenoxy) is 1. The van der Waals surface area contributed by atoms with E-state index < -0.39 is 5.91 Å². The number of nitrogens with zero attached hydrogens (tertiary/aromatic N) is 2. The van der Waals surface area contributed by atoms with E-state index in [0.717, 1.165) is 14.0 Å². The van der Waals surface area contributed by atoms with Crippen LogP contribution in [0.25, 0.3) is 21.7 Å². The van der Waals surface area contributed by atoms with Crippen LogP contribution in [0, 0.1) is 0 Å². The predicted molar refractivity (Wildman–Crippen MR) is 101 cm³/mol. The van der Waals surface area contributed by atoms with E-state index in [9.17, 15) is 4.79 Å². The van der Waals surface area contributed by atoms with Crippen molar-refractivity contribution in [1.29, 1.82) is 0 Å². The number of hydrogen-bond donors (Lipinski definition) is 1. The van der Waals surface area contributed by atoms with Gasteiger partial charge in [-0.05, 0) is 47.1 Å². The van der Waals surface area contributed by atoms with Gasteiger partial charge in [0.15, 0.2) is 17.1 Å². The van der Waals surface area contributed by atoms with E-state index in [-0.39, 0.29) is 11.8 Å². The van der Waals surface area contributed by atoms with Gasteiger partial charge in [-0.3, -0.25) is 10.1 Å². The molecular formula is C17H12BrN3O4S. The van der Waals surface area contributed by atoms with Gasteiger partial charge in [0, 0.05) is 5.39 Å². The smallest absolute Gasteiger partial charge is 0.322 e. The van der Waals surface area contributed by atoms with Crippen LogP contribution in [0.1, 0.15) is 17.5 Å². The van der Waals surface area contributed by atoms with Gasteiger partial charge in [0.05, 0.1) is 15.3 Å². The number of aromatic nitrogens is 2. The van der Waals surface area contributed by atoms with Gasteiger partial charge in [-0.15, -0.1) is 16.4 Å². The second kappa shape index (κ2) is 6.93. The van der Waals surface area contributed by atoms with Crippen molar-refractivity contribution < 1.29 is 18.4 Å². The molecule has 7 nitrogen and oxygen atoms in total. The number of carbonyl (C=O) groups is 1. The number of amides is 1. The lowest BCUT2D eigenvalue weighted by Crippen LogP contribution is -2.10. The second-order valence-electron chi connectivity index (χ2n) is 5.19. The lowest BCUT2D eigenvalue weighted by atomic mass is 10.2. The number of halogens is 1. The second-order valence-corrected chi connectivity index (χ2v) is 7.65. The van der Waals surface area contributed by atoms with E-state index in [2.05, 4.69) is 31.4 Å². The SMILES string of the molecule is CCOc1cccc2cc(C(=O)Nc3nnc(-c4ccc(Br)s4)o3)oc12. The monoisotopic (exact) mass is 433 g/mol. The Morgan fingerprint density at radius 1 is 1.27 bits per heavy atom. The van der Waals surface area contributed by atoms with Crippen molar-refractivity contribution in [2.24, 2.45) is 0 Å². The van der Waals surface area contributed by atoms with Gasteiger partial charge in [0.2, 0.25) is 0 Å². The fourth-order valence-corrected chi connectivity index (χ4v) is 3.69. The fraction of sp³-hybridized carbons (Fsp3) is 0.118. The van der Waals surface area contributed by atoms with Crippen LogP contribution in [0.2, 0.25) is 0 Å². The van der Waals surface area contributed by atoms with Gasteiger partial charge in [-0.2, -0.15) is 0 Å². The fourth-order valence-electron chi connectivity index (χ4n) is 2.38. The number of anilines is 1. The molecule has 0 saturated carbocycles. The maximum Gasteiger partial charge on any atom is 0.322 e. The molecule has 3 aromatic heterocycles. The molecule has 0 saturated heterocycles. The molecular weight excluding hydrogens is 422 g/mol. The molecule has 4 aromatic rings. The van der Waals surface area contributed by atoms with Gasteiger partial charge < -0.3 is 13.6 Å². The first-order chi connectivity index (χ1) is 12.6. The number of thiophene rings is 1. The van der Waals surface area contributed by atoms with E-state index >= 15 is 0 Å². The Balaban J connectivity index is 1.56. The van der Waals surface area contributed by atoms with Gasteiger partial charge in [-0.1, -0.05) is 17.2 Å². The van der Waals surface area contributed by atoms with Gasteiger partial charge in [0.1, 0.15) is 0 Å². The zero-order valence-electron chi connectivity index (χ0n) is 13.5. The molecule has 0 aliphatic heterocycles. The minimum absolute atomic E-state index is 0.00000947. The number of fused-ring (bicyclic) bond motifs is 1. The highest BCUT2D eigenvalue weighted by Gasteiger charge is 2.18. The highest BCUT2D eigenvalue weighted by Crippen LogP contribution is 2.32. The molecule has 3 heterocycles. The molecule has 4 rings (SSSR count). The molecule has 0 bridgehead atoms. The van der Waals surface area contributed by atoms with E-state index in [1.807, 2.05) is 31.2 Å². The molecule has 0 spiro atoms. The third-order valence-electron chi connectivity index (χ3n) is 3.46. The molecule has 0 radical (unpaired) electrons. The molecule has 9 heteroatoms. The first-order valence-electron chi connectivity index (χ1n) is 7.70. The van der Waals surface area contributed by atoms with Crippen molar-refractivity contribution in [1.82, 2.24) is 10.2 Å². The van der Waals surface area contributed by atoms with Crippen LogP contribution in [0.15, 0.2) is 49.0 Å². The van der Waals surface area contributed by atoms with Crippen LogP contribution in [0.5, 0.6) is 5.75 Å². The van der Waals surface area contributed by atoms with Crippen molar-refractivity contribution in [2.75, 3.05) is 11.9 Å². The van der Waals surface area contributed by atoms with Crippen LogP contribution >= 0.6 is 27.3 Å². The predicted octanol–water partition coefficient (Wildman–Crippen LogP) is 4.96. The van der Waals surface area contributed by atoms with E-state index in [0.29, 0.717) is 23.8 Å². The zero-order chi connectivity index (χ0) is 18.1. The van der Waals surface area contributed by atoms with Crippen LogP contribution < -0.4 is 10.1 Å². The van der Waals surface area contributed by atoms with Crippen LogP contribution in [0.4, 0.5) is 6.01 Å². The summed E-state index contributed by atoms with van der Waals surface area (Å²) in [5.74, 6) is 0.573. The summed E-state index contributed by atoms with van der Waals surface area (Å²) in [5, 5.41) is 11.1. The number of carbonyl (C=O) groups excluding carboxylic acids is 1. The lowest BCUT2D eigenvalue weighted by Gasteiger charge is -2.02. The first kappa shape index (κ1) is 16.8. The molecule has 1 aromatic carbocycles. The molecule has 0 aliphatic carbocycles. The third-order valence-corrected chi connectivity index (χ3v) is 5.07. The Bertz CT molecular complexity index is 1080. The summed E-state index contributed by atoms with van der Waals surface area (Å²) in [4.78, 5) is 13.2. The largest absolute Gasteiger partial charge is 0.490 e. The summed E-state index contributed by atoms with van der Waals surface area (Å²) in [6, 6.07) is 10.8. The summed E-state index contributed by atoms with van der Waals surface area (Å²) in [6.07, 6.45) is 0. The van der Waals surface area contributed by atoms with E-state index in [1.54, 1.807) is 12.1 Å². The lowest BCUT2D eigenvalue weighted by molar-refractivity contribution is 0.0995. The number of furan rings is 1. The third kappa shape index (κ3) is 3.23. The van der Waals surface area contributed by atoms with E-state index in [4.69, 9.17) is 13.6 Å². The summed E-state index contributed by atoms with van der Waals surface area (Å²) in [7, 11) is 0.